The van der Waals surface area contributed by atoms with Crippen molar-refractivity contribution in [2.75, 3.05) is 4.72 Å². The zero-order valence-electron chi connectivity index (χ0n) is 12.2. The average Bonchev–Trinajstić information content (AvgIpc) is 3.21. The third kappa shape index (κ3) is 3.51. The van der Waals surface area contributed by atoms with Crippen molar-refractivity contribution in [2.24, 2.45) is 0 Å². The van der Waals surface area contributed by atoms with Crippen LogP contribution < -0.4 is 4.72 Å². The molecule has 0 radical (unpaired) electrons. The maximum atomic E-state index is 13.7. The number of sulfonamides is 1. The molecule has 0 saturated heterocycles. The summed E-state index contributed by atoms with van der Waals surface area (Å²) in [6.07, 6.45) is 1.22. The topological polar surface area (TPSA) is 64.0 Å². The summed E-state index contributed by atoms with van der Waals surface area (Å²) in [7, 11) is -3.83. The average molecular weight is 391 g/mol. The van der Waals surface area contributed by atoms with Crippen LogP contribution in [0.3, 0.4) is 0 Å². The summed E-state index contributed by atoms with van der Waals surface area (Å²) in [6.45, 7) is -0.618. The summed E-state index contributed by atoms with van der Waals surface area (Å²) in [6, 6.07) is 4.31. The Kier molecular flexibility index (Phi) is 4.52. The van der Waals surface area contributed by atoms with Gasteiger partial charge in [0, 0.05) is 18.3 Å². The van der Waals surface area contributed by atoms with Crippen LogP contribution in [0.25, 0.3) is 0 Å². The molecule has 0 spiro atoms. The molecule has 0 unspecified atom stereocenters. The summed E-state index contributed by atoms with van der Waals surface area (Å²) < 4.78 is 81.1. The summed E-state index contributed by atoms with van der Waals surface area (Å²) in [5, 5.41) is 5.38. The first-order valence-electron chi connectivity index (χ1n) is 6.69. The number of thiophene rings is 1. The molecule has 3 rings (SSSR count). The van der Waals surface area contributed by atoms with Crippen LogP contribution in [-0.4, -0.2) is 18.2 Å². The standard InChI is InChI=1S/C14H9F4N3O2S2/c15-9-6-10(16)14(18)8(13(9)17)7-21-4-3-11(19-21)20-25(22,23)12-2-1-5-24-12/h1-6H,7H2,(H,19,20). The van der Waals surface area contributed by atoms with Gasteiger partial charge in [-0.1, -0.05) is 6.07 Å². The molecule has 132 valence electrons. The molecule has 2 aromatic heterocycles. The lowest BCUT2D eigenvalue weighted by Crippen LogP contribution is -2.13. The SMILES string of the molecule is O=S(=O)(Nc1ccn(Cc2c(F)c(F)cc(F)c2F)n1)c1cccs1. The van der Waals surface area contributed by atoms with Gasteiger partial charge in [-0.15, -0.1) is 11.3 Å². The second kappa shape index (κ2) is 6.48. The number of aromatic nitrogens is 2. The van der Waals surface area contributed by atoms with Crippen LogP contribution >= 0.6 is 11.3 Å². The molecule has 1 aromatic carbocycles. The first kappa shape index (κ1) is 17.4. The van der Waals surface area contributed by atoms with Gasteiger partial charge in [0.05, 0.1) is 12.1 Å². The van der Waals surface area contributed by atoms with E-state index >= 15 is 0 Å². The zero-order valence-corrected chi connectivity index (χ0v) is 13.8. The molecule has 0 aliphatic rings. The van der Waals surface area contributed by atoms with Crippen molar-refractivity contribution in [3.63, 3.8) is 0 Å². The summed E-state index contributed by atoms with van der Waals surface area (Å²) in [5.41, 5.74) is -0.853. The predicted molar refractivity (Wildman–Crippen MR) is 82.7 cm³/mol. The van der Waals surface area contributed by atoms with Crippen LogP contribution in [-0.2, 0) is 16.6 Å². The fourth-order valence-electron chi connectivity index (χ4n) is 2.03. The lowest BCUT2D eigenvalue weighted by Gasteiger charge is -2.07. The van der Waals surface area contributed by atoms with Crippen LogP contribution in [0, 0.1) is 23.3 Å². The third-order valence-electron chi connectivity index (χ3n) is 3.16. The number of anilines is 1. The number of rotatable bonds is 5. The van der Waals surface area contributed by atoms with Gasteiger partial charge in [-0.25, -0.2) is 26.0 Å². The second-order valence-electron chi connectivity index (χ2n) is 4.88. The van der Waals surface area contributed by atoms with Crippen molar-refractivity contribution < 1.29 is 26.0 Å². The minimum atomic E-state index is -3.83. The van der Waals surface area contributed by atoms with E-state index in [1.54, 1.807) is 11.4 Å². The molecule has 0 amide bonds. The molecular formula is C14H9F4N3O2S2. The van der Waals surface area contributed by atoms with Crippen molar-refractivity contribution in [1.82, 2.24) is 9.78 Å². The number of benzene rings is 1. The minimum absolute atomic E-state index is 0.0614. The van der Waals surface area contributed by atoms with Gasteiger partial charge in [0.2, 0.25) is 0 Å². The number of hydrogen-bond donors (Lipinski definition) is 1. The van der Waals surface area contributed by atoms with Gasteiger partial charge in [0.1, 0.15) is 4.21 Å². The van der Waals surface area contributed by atoms with E-state index in [0.29, 0.717) is 0 Å². The van der Waals surface area contributed by atoms with E-state index in [1.165, 1.54) is 18.3 Å². The molecule has 25 heavy (non-hydrogen) atoms. The van der Waals surface area contributed by atoms with Crippen molar-refractivity contribution in [2.45, 2.75) is 10.8 Å². The Morgan fingerprint density at radius 2 is 1.80 bits per heavy atom. The third-order valence-corrected chi connectivity index (χ3v) is 5.91. The number of halogens is 4. The fourth-order valence-corrected chi connectivity index (χ4v) is 4.02. The highest BCUT2D eigenvalue weighted by molar-refractivity contribution is 7.94. The highest BCUT2D eigenvalue weighted by Crippen LogP contribution is 2.22. The highest BCUT2D eigenvalue weighted by Gasteiger charge is 2.20. The van der Waals surface area contributed by atoms with Crippen molar-refractivity contribution in [3.8, 4) is 0 Å². The Hall–Kier alpha value is -2.40. The van der Waals surface area contributed by atoms with E-state index in [9.17, 15) is 26.0 Å². The maximum Gasteiger partial charge on any atom is 0.272 e. The van der Waals surface area contributed by atoms with E-state index < -0.39 is 45.4 Å². The Bertz CT molecular complexity index is 991. The molecule has 0 aliphatic carbocycles. The molecule has 5 nitrogen and oxygen atoms in total. The Morgan fingerprint density at radius 3 is 2.40 bits per heavy atom. The normalized spacial score (nSPS) is 11.7. The summed E-state index contributed by atoms with van der Waals surface area (Å²) >= 11 is 0.998. The zero-order chi connectivity index (χ0) is 18.2. The Balaban J connectivity index is 1.84. The van der Waals surface area contributed by atoms with E-state index in [1.807, 2.05) is 0 Å². The molecule has 2 heterocycles. The van der Waals surface area contributed by atoms with Crippen LogP contribution in [0.1, 0.15) is 5.56 Å². The van der Waals surface area contributed by atoms with Gasteiger partial charge >= 0.3 is 0 Å². The molecule has 0 saturated carbocycles. The molecule has 0 bridgehead atoms. The van der Waals surface area contributed by atoms with E-state index in [-0.39, 0.29) is 16.1 Å². The first-order valence-corrected chi connectivity index (χ1v) is 9.06. The van der Waals surface area contributed by atoms with Crippen LogP contribution in [0.4, 0.5) is 23.4 Å². The maximum absolute atomic E-state index is 13.7. The van der Waals surface area contributed by atoms with Crippen LogP contribution in [0.5, 0.6) is 0 Å². The molecular weight excluding hydrogens is 382 g/mol. The molecule has 0 fully saturated rings. The summed E-state index contributed by atoms with van der Waals surface area (Å²) in [5.74, 6) is -6.23. The van der Waals surface area contributed by atoms with Gasteiger partial charge in [0.15, 0.2) is 29.1 Å². The largest absolute Gasteiger partial charge is 0.272 e. The number of hydrogen-bond acceptors (Lipinski definition) is 4. The van der Waals surface area contributed by atoms with Gasteiger partial charge < -0.3 is 0 Å². The quantitative estimate of drug-likeness (QED) is 0.536. The van der Waals surface area contributed by atoms with E-state index in [2.05, 4.69) is 9.82 Å². The smallest absolute Gasteiger partial charge is 0.266 e. The minimum Gasteiger partial charge on any atom is -0.266 e. The van der Waals surface area contributed by atoms with Crippen LogP contribution in [0.15, 0.2) is 40.1 Å². The first-order chi connectivity index (χ1) is 11.8. The lowest BCUT2D eigenvalue weighted by atomic mass is 10.2. The highest BCUT2D eigenvalue weighted by atomic mass is 32.2. The molecule has 1 N–H and O–H groups in total. The van der Waals surface area contributed by atoms with Crippen molar-refractivity contribution in [1.29, 1.82) is 0 Å². The molecule has 11 heteroatoms. The Labute approximate surface area is 143 Å². The van der Waals surface area contributed by atoms with Gasteiger partial charge in [0.25, 0.3) is 10.0 Å². The van der Waals surface area contributed by atoms with E-state index in [0.717, 1.165) is 16.0 Å². The van der Waals surface area contributed by atoms with Gasteiger partial charge in [-0.05, 0) is 11.4 Å². The lowest BCUT2D eigenvalue weighted by molar-refractivity contribution is 0.431. The fraction of sp³-hybridized carbons (Fsp3) is 0.0714. The van der Waals surface area contributed by atoms with Crippen molar-refractivity contribution in [3.05, 3.63) is 64.7 Å². The number of nitrogens with zero attached hydrogens (tertiary/aromatic N) is 2. The van der Waals surface area contributed by atoms with Gasteiger partial charge in [-0.2, -0.15) is 5.10 Å². The second-order valence-corrected chi connectivity index (χ2v) is 7.74. The predicted octanol–water partition coefficient (Wildman–Crippen LogP) is 3.35. The molecule has 0 aliphatic heterocycles. The van der Waals surface area contributed by atoms with E-state index in [4.69, 9.17) is 0 Å². The van der Waals surface area contributed by atoms with Gasteiger partial charge in [-0.3, -0.25) is 9.40 Å². The Morgan fingerprint density at radius 1 is 1.12 bits per heavy atom. The molecule has 0 atom stereocenters. The summed E-state index contributed by atoms with van der Waals surface area (Å²) in [4.78, 5) is 0. The number of nitrogens with one attached hydrogen (secondary N) is 1. The van der Waals surface area contributed by atoms with Crippen molar-refractivity contribution >= 4 is 27.2 Å². The van der Waals surface area contributed by atoms with Crippen LogP contribution in [0.2, 0.25) is 0 Å². The molecule has 3 aromatic rings. The monoisotopic (exact) mass is 391 g/mol.